The Morgan fingerprint density at radius 3 is 2.66 bits per heavy atom. The number of thiophene rings is 1. The average molecular weight is 487 g/mol. The summed E-state index contributed by atoms with van der Waals surface area (Å²) in [5, 5.41) is 3.13. The van der Waals surface area contributed by atoms with Gasteiger partial charge in [0, 0.05) is 46.8 Å². The molecule has 1 saturated heterocycles. The Labute approximate surface area is 212 Å². The number of rotatable bonds is 6. The van der Waals surface area contributed by atoms with Gasteiger partial charge in [-0.2, -0.15) is 0 Å². The zero-order chi connectivity index (χ0) is 24.2. The Morgan fingerprint density at radius 2 is 1.89 bits per heavy atom. The van der Waals surface area contributed by atoms with Gasteiger partial charge in [-0.15, -0.1) is 11.3 Å². The van der Waals surface area contributed by atoms with Crippen molar-refractivity contribution in [2.75, 3.05) is 25.6 Å². The molecule has 2 aromatic carbocycles. The van der Waals surface area contributed by atoms with E-state index in [1.165, 1.54) is 32.0 Å². The van der Waals surface area contributed by atoms with Crippen molar-refractivity contribution >= 4 is 29.0 Å². The van der Waals surface area contributed by atoms with E-state index in [9.17, 15) is 4.79 Å². The second-order valence-electron chi connectivity index (χ2n) is 9.79. The Kier molecular flexibility index (Phi) is 7.47. The van der Waals surface area contributed by atoms with Crippen LogP contribution in [-0.4, -0.2) is 37.1 Å². The van der Waals surface area contributed by atoms with Crippen molar-refractivity contribution in [2.24, 2.45) is 0 Å². The molecule has 3 aromatic rings. The number of hydrogen-bond donors (Lipinski definition) is 1. The summed E-state index contributed by atoms with van der Waals surface area (Å²) in [7, 11) is 2.19. The van der Waals surface area contributed by atoms with Gasteiger partial charge in [-0.1, -0.05) is 42.0 Å². The van der Waals surface area contributed by atoms with Crippen LogP contribution in [0.1, 0.15) is 47.3 Å². The van der Waals surface area contributed by atoms with Crippen LogP contribution >= 0.6 is 11.3 Å². The molecule has 0 unspecified atom stereocenters. The number of hydrogen-bond acceptors (Lipinski definition) is 4. The highest BCUT2D eigenvalue weighted by Crippen LogP contribution is 2.36. The first-order chi connectivity index (χ1) is 17.0. The van der Waals surface area contributed by atoms with Gasteiger partial charge in [-0.3, -0.25) is 9.69 Å². The van der Waals surface area contributed by atoms with Gasteiger partial charge in [0.1, 0.15) is 0 Å². The molecule has 1 aromatic heterocycles. The number of benzene rings is 2. The van der Waals surface area contributed by atoms with Gasteiger partial charge in [-0.25, -0.2) is 0 Å². The fraction of sp³-hybridized carbons (Fsp3) is 0.367. The van der Waals surface area contributed by atoms with E-state index in [4.69, 9.17) is 4.74 Å². The van der Waals surface area contributed by atoms with E-state index in [2.05, 4.69) is 72.7 Å². The predicted molar refractivity (Wildman–Crippen MR) is 146 cm³/mol. The molecule has 5 rings (SSSR count). The fourth-order valence-corrected chi connectivity index (χ4v) is 6.21. The minimum absolute atomic E-state index is 0.00762. The number of ether oxygens (including phenoxy) is 1. The Morgan fingerprint density at radius 1 is 1.09 bits per heavy atom. The molecule has 1 amide bonds. The van der Waals surface area contributed by atoms with Crippen molar-refractivity contribution < 1.29 is 9.53 Å². The number of carbonyl (C=O) groups excluding carboxylic acids is 1. The minimum atomic E-state index is 0.00762. The molecule has 0 radical (unpaired) electrons. The van der Waals surface area contributed by atoms with E-state index in [1.54, 1.807) is 0 Å². The molecule has 5 heteroatoms. The first-order valence-electron chi connectivity index (χ1n) is 12.6. The van der Waals surface area contributed by atoms with Crippen LogP contribution in [0.4, 0.5) is 5.69 Å². The molecule has 0 bridgehead atoms. The van der Waals surface area contributed by atoms with Gasteiger partial charge in [0.05, 0.1) is 0 Å². The Hall–Kier alpha value is -2.73. The summed E-state index contributed by atoms with van der Waals surface area (Å²) in [4.78, 5) is 18.2. The predicted octanol–water partition coefficient (Wildman–Crippen LogP) is 6.69. The number of amides is 1. The summed E-state index contributed by atoms with van der Waals surface area (Å²) >= 11 is 1.86. The molecule has 0 atom stereocenters. The van der Waals surface area contributed by atoms with E-state index < -0.39 is 0 Å². The molecule has 182 valence electrons. The first-order valence-corrected chi connectivity index (χ1v) is 13.5. The normalized spacial score (nSPS) is 16.5. The summed E-state index contributed by atoms with van der Waals surface area (Å²) in [5.41, 5.74) is 6.69. The second-order valence-corrected chi connectivity index (χ2v) is 10.9. The quantitative estimate of drug-likeness (QED) is 0.422. The molecule has 1 aliphatic heterocycles. The molecule has 35 heavy (non-hydrogen) atoms. The van der Waals surface area contributed by atoms with E-state index >= 15 is 0 Å². The lowest BCUT2D eigenvalue weighted by Crippen LogP contribution is -2.36. The molecule has 0 spiro atoms. The second kappa shape index (κ2) is 10.9. The summed E-state index contributed by atoms with van der Waals surface area (Å²) in [6.45, 7) is 4.75. The highest BCUT2D eigenvalue weighted by Gasteiger charge is 2.19. The van der Waals surface area contributed by atoms with Crippen molar-refractivity contribution in [3.8, 4) is 10.4 Å². The third kappa shape index (κ3) is 5.92. The number of aryl methyl sites for hydroxylation is 2. The van der Waals surface area contributed by atoms with Crippen LogP contribution in [-0.2, 0) is 22.5 Å². The van der Waals surface area contributed by atoms with E-state index in [0.717, 1.165) is 63.1 Å². The smallest absolute Gasteiger partial charge is 0.251 e. The third-order valence-electron chi connectivity index (χ3n) is 7.07. The van der Waals surface area contributed by atoms with Crippen LogP contribution in [0.15, 0.2) is 60.2 Å². The van der Waals surface area contributed by atoms with Gasteiger partial charge in [0.25, 0.3) is 5.91 Å². The first kappa shape index (κ1) is 24.0. The maximum absolute atomic E-state index is 13.1. The zero-order valence-electron chi connectivity index (χ0n) is 20.7. The van der Waals surface area contributed by atoms with E-state index in [0.29, 0.717) is 6.04 Å². The van der Waals surface area contributed by atoms with E-state index in [1.807, 2.05) is 23.5 Å². The lowest BCUT2D eigenvalue weighted by atomic mass is 10.1. The van der Waals surface area contributed by atoms with Crippen LogP contribution < -0.4 is 5.32 Å². The third-order valence-corrected chi connectivity index (χ3v) is 8.33. The van der Waals surface area contributed by atoms with Gasteiger partial charge < -0.3 is 10.1 Å². The van der Waals surface area contributed by atoms with Gasteiger partial charge in [-0.05, 0) is 87.0 Å². The average Bonchev–Trinajstić information content (AvgIpc) is 3.17. The molecule has 0 saturated carbocycles. The number of fused-ring (bicyclic) bond motifs is 1. The van der Waals surface area contributed by atoms with Gasteiger partial charge in [0.15, 0.2) is 0 Å². The lowest BCUT2D eigenvalue weighted by Gasteiger charge is -2.31. The topological polar surface area (TPSA) is 41.6 Å². The minimum Gasteiger partial charge on any atom is -0.381 e. The molecule has 4 nitrogen and oxygen atoms in total. The molecule has 1 N–H and O–H groups in total. The highest BCUT2D eigenvalue weighted by atomic mass is 32.1. The summed E-state index contributed by atoms with van der Waals surface area (Å²) in [6.07, 6.45) is 7.12. The van der Waals surface area contributed by atoms with Crippen LogP contribution in [0, 0.1) is 6.92 Å². The fourth-order valence-electron chi connectivity index (χ4n) is 5.03. The summed E-state index contributed by atoms with van der Waals surface area (Å²) in [6, 6.07) is 19.8. The SMILES string of the molecule is Cc1cccc(-c2cc3c(s2)CCCC(C(=O)Nc2ccc(CN(C)C4CCOCC4)cc2)=C3)c1. The summed E-state index contributed by atoms with van der Waals surface area (Å²) in [5.74, 6) is 0.00762. The van der Waals surface area contributed by atoms with Gasteiger partial charge >= 0.3 is 0 Å². The van der Waals surface area contributed by atoms with Gasteiger partial charge in [0.2, 0.25) is 0 Å². The number of nitrogens with zero attached hydrogens (tertiary/aromatic N) is 1. The lowest BCUT2D eigenvalue weighted by molar-refractivity contribution is -0.112. The molecule has 2 aliphatic rings. The van der Waals surface area contributed by atoms with Crippen LogP contribution in [0.3, 0.4) is 0 Å². The summed E-state index contributed by atoms with van der Waals surface area (Å²) < 4.78 is 5.48. The largest absolute Gasteiger partial charge is 0.381 e. The molecule has 2 heterocycles. The Bertz CT molecular complexity index is 1210. The van der Waals surface area contributed by atoms with Crippen molar-refractivity contribution in [1.29, 1.82) is 0 Å². The number of carbonyl (C=O) groups is 1. The number of anilines is 1. The van der Waals surface area contributed by atoms with Crippen molar-refractivity contribution in [3.05, 3.63) is 81.7 Å². The van der Waals surface area contributed by atoms with Crippen LogP contribution in [0.2, 0.25) is 0 Å². The number of nitrogens with one attached hydrogen (secondary N) is 1. The molecular weight excluding hydrogens is 452 g/mol. The maximum Gasteiger partial charge on any atom is 0.251 e. The monoisotopic (exact) mass is 486 g/mol. The van der Waals surface area contributed by atoms with Crippen LogP contribution in [0.5, 0.6) is 0 Å². The molecule has 1 aliphatic carbocycles. The maximum atomic E-state index is 13.1. The Balaban J connectivity index is 1.24. The highest BCUT2D eigenvalue weighted by molar-refractivity contribution is 7.15. The van der Waals surface area contributed by atoms with Crippen LogP contribution in [0.25, 0.3) is 16.5 Å². The van der Waals surface area contributed by atoms with Crippen molar-refractivity contribution in [2.45, 2.75) is 51.6 Å². The van der Waals surface area contributed by atoms with Crippen molar-refractivity contribution in [3.63, 3.8) is 0 Å². The zero-order valence-corrected chi connectivity index (χ0v) is 21.5. The molecular formula is C30H34N2O2S. The molecule has 1 fully saturated rings. The van der Waals surface area contributed by atoms with E-state index in [-0.39, 0.29) is 5.91 Å². The standard InChI is InChI=1S/C30H34N2O2S/c1-21-5-3-6-23(17-21)29-19-25-18-24(7-4-8-28(25)35-29)30(33)31-26-11-9-22(10-12-26)20-32(2)27-13-15-34-16-14-27/h3,5-6,9-12,17-19,27H,4,7-8,13-16,20H2,1-2H3,(H,31,33). The van der Waals surface area contributed by atoms with Crippen molar-refractivity contribution in [1.82, 2.24) is 4.90 Å².